The van der Waals surface area contributed by atoms with E-state index in [4.69, 9.17) is 4.74 Å². The van der Waals surface area contributed by atoms with E-state index in [2.05, 4.69) is 15.6 Å². The van der Waals surface area contributed by atoms with Crippen molar-refractivity contribution in [1.82, 2.24) is 15.6 Å². The molecule has 2 aromatic rings. The van der Waals surface area contributed by atoms with Crippen molar-refractivity contribution in [3.8, 4) is 5.75 Å². The maximum atomic E-state index is 12.9. The molecular weight excluding hydrogens is 338 g/mol. The van der Waals surface area contributed by atoms with E-state index < -0.39 is 0 Å². The Morgan fingerprint density at radius 2 is 2.11 bits per heavy atom. The molecule has 2 N–H and O–H groups in total. The summed E-state index contributed by atoms with van der Waals surface area (Å²) in [5.74, 6) is 1.52. The van der Waals surface area contributed by atoms with Gasteiger partial charge in [-0.25, -0.2) is 0 Å². The fourth-order valence-corrected chi connectivity index (χ4v) is 4.39. The number of aromatic nitrogens is 1. The summed E-state index contributed by atoms with van der Waals surface area (Å²) >= 11 is 0. The van der Waals surface area contributed by atoms with E-state index in [-0.39, 0.29) is 11.3 Å². The van der Waals surface area contributed by atoms with Gasteiger partial charge in [0.2, 0.25) is 5.91 Å². The van der Waals surface area contributed by atoms with Crippen LogP contribution >= 0.6 is 0 Å². The van der Waals surface area contributed by atoms with Gasteiger partial charge >= 0.3 is 0 Å². The lowest BCUT2D eigenvalue weighted by atomic mass is 9.67. The van der Waals surface area contributed by atoms with Crippen molar-refractivity contribution < 1.29 is 9.53 Å². The fraction of sp³-hybridized carbons (Fsp3) is 0.455. The highest BCUT2D eigenvalue weighted by atomic mass is 16.5. The van der Waals surface area contributed by atoms with Crippen LogP contribution < -0.4 is 15.4 Å². The van der Waals surface area contributed by atoms with Crippen LogP contribution in [0.15, 0.2) is 48.7 Å². The molecule has 2 atom stereocenters. The predicted octanol–water partition coefficient (Wildman–Crippen LogP) is 3.06. The first kappa shape index (κ1) is 18.0. The van der Waals surface area contributed by atoms with Crippen LogP contribution in [-0.4, -0.2) is 24.0 Å². The highest BCUT2D eigenvalue weighted by molar-refractivity contribution is 5.83. The Morgan fingerprint density at radius 1 is 1.22 bits per heavy atom. The summed E-state index contributed by atoms with van der Waals surface area (Å²) in [4.78, 5) is 17.2. The Labute approximate surface area is 160 Å². The first-order valence-electron chi connectivity index (χ1n) is 9.87. The Morgan fingerprint density at radius 3 is 2.93 bits per heavy atom. The number of ether oxygens (including phenoxy) is 1. The SMILES string of the molecule is O=C(NCc1ccc(OCc2ccccn2)cc1)[C@@]12CCCC[C@H]1CNC2. The van der Waals surface area contributed by atoms with Crippen molar-refractivity contribution in [2.75, 3.05) is 13.1 Å². The van der Waals surface area contributed by atoms with Gasteiger partial charge < -0.3 is 15.4 Å². The molecule has 1 aliphatic carbocycles. The van der Waals surface area contributed by atoms with Crippen LogP contribution in [0.2, 0.25) is 0 Å². The zero-order chi connectivity index (χ0) is 18.5. The lowest BCUT2D eigenvalue weighted by Gasteiger charge is -2.37. The Bertz CT molecular complexity index is 763. The molecule has 2 fully saturated rings. The lowest BCUT2D eigenvalue weighted by Crippen LogP contribution is -2.47. The molecule has 4 rings (SSSR count). The van der Waals surface area contributed by atoms with Gasteiger partial charge in [0.15, 0.2) is 0 Å². The van der Waals surface area contributed by atoms with E-state index in [9.17, 15) is 4.79 Å². The summed E-state index contributed by atoms with van der Waals surface area (Å²) in [6.07, 6.45) is 6.36. The molecule has 1 aromatic heterocycles. The average Bonchev–Trinajstić information content (AvgIpc) is 3.17. The normalized spacial score (nSPS) is 24.2. The molecule has 5 heteroatoms. The van der Waals surface area contributed by atoms with Crippen LogP contribution in [-0.2, 0) is 17.9 Å². The quantitative estimate of drug-likeness (QED) is 0.826. The van der Waals surface area contributed by atoms with E-state index in [1.807, 2.05) is 42.5 Å². The number of fused-ring (bicyclic) bond motifs is 1. The van der Waals surface area contributed by atoms with Crippen LogP contribution in [0, 0.1) is 11.3 Å². The Balaban J connectivity index is 1.30. The maximum absolute atomic E-state index is 12.9. The second-order valence-corrected chi connectivity index (χ2v) is 7.67. The topological polar surface area (TPSA) is 63.2 Å². The van der Waals surface area contributed by atoms with Crippen LogP contribution in [0.4, 0.5) is 0 Å². The van der Waals surface area contributed by atoms with Crippen LogP contribution in [0.5, 0.6) is 5.75 Å². The number of rotatable bonds is 6. The summed E-state index contributed by atoms with van der Waals surface area (Å²) in [5, 5.41) is 6.62. The monoisotopic (exact) mass is 365 g/mol. The third kappa shape index (κ3) is 3.98. The molecule has 1 aromatic carbocycles. The molecule has 0 spiro atoms. The summed E-state index contributed by atoms with van der Waals surface area (Å²) in [7, 11) is 0. The van der Waals surface area contributed by atoms with Crippen LogP contribution in [0.1, 0.15) is 36.9 Å². The van der Waals surface area contributed by atoms with Gasteiger partial charge in [-0.05, 0) is 55.1 Å². The zero-order valence-electron chi connectivity index (χ0n) is 15.6. The van der Waals surface area contributed by atoms with Gasteiger partial charge in [-0.2, -0.15) is 0 Å². The molecule has 1 aliphatic heterocycles. The van der Waals surface area contributed by atoms with Crippen molar-refractivity contribution in [2.24, 2.45) is 11.3 Å². The number of pyridine rings is 1. The van der Waals surface area contributed by atoms with Gasteiger partial charge in [0.1, 0.15) is 12.4 Å². The number of nitrogens with one attached hydrogen (secondary N) is 2. The van der Waals surface area contributed by atoms with E-state index in [0.29, 0.717) is 19.1 Å². The van der Waals surface area contributed by atoms with Crippen molar-refractivity contribution in [1.29, 1.82) is 0 Å². The smallest absolute Gasteiger partial charge is 0.228 e. The minimum Gasteiger partial charge on any atom is -0.487 e. The number of hydrogen-bond donors (Lipinski definition) is 2. The molecule has 2 aliphatic rings. The first-order valence-corrected chi connectivity index (χ1v) is 9.87. The van der Waals surface area contributed by atoms with Crippen molar-refractivity contribution in [2.45, 2.75) is 38.8 Å². The molecule has 142 valence electrons. The standard InChI is InChI=1S/C22H27N3O2/c26-21(22-11-3-1-5-18(22)14-23-16-22)25-13-17-7-9-20(10-8-17)27-15-19-6-2-4-12-24-19/h2,4,6-10,12,18,23H,1,3,5,11,13-16H2,(H,25,26)/t18-,22+/m0/s1. The van der Waals surface area contributed by atoms with Crippen LogP contribution in [0.3, 0.4) is 0 Å². The molecule has 27 heavy (non-hydrogen) atoms. The van der Waals surface area contributed by atoms with Gasteiger partial charge in [-0.3, -0.25) is 9.78 Å². The van der Waals surface area contributed by atoms with Crippen molar-refractivity contribution in [3.63, 3.8) is 0 Å². The predicted molar refractivity (Wildman–Crippen MR) is 104 cm³/mol. The molecule has 1 saturated heterocycles. The third-order valence-corrected chi connectivity index (χ3v) is 5.98. The highest BCUT2D eigenvalue weighted by Gasteiger charge is 2.49. The van der Waals surface area contributed by atoms with Gasteiger partial charge in [0, 0.05) is 19.3 Å². The van der Waals surface area contributed by atoms with Gasteiger partial charge in [0.25, 0.3) is 0 Å². The number of hydrogen-bond acceptors (Lipinski definition) is 4. The summed E-state index contributed by atoms with van der Waals surface area (Å²) in [6.45, 7) is 2.82. The van der Waals surface area contributed by atoms with E-state index in [0.717, 1.165) is 42.9 Å². The molecule has 1 amide bonds. The molecule has 0 bridgehead atoms. The Kier molecular flexibility index (Phi) is 5.39. The second-order valence-electron chi connectivity index (χ2n) is 7.67. The number of carbonyl (C=O) groups is 1. The molecule has 1 saturated carbocycles. The number of nitrogens with zero attached hydrogens (tertiary/aromatic N) is 1. The molecule has 5 nitrogen and oxygen atoms in total. The largest absolute Gasteiger partial charge is 0.487 e. The minimum atomic E-state index is -0.190. The lowest BCUT2D eigenvalue weighted by molar-refractivity contribution is -0.134. The highest BCUT2D eigenvalue weighted by Crippen LogP contribution is 2.43. The summed E-state index contributed by atoms with van der Waals surface area (Å²) in [5.41, 5.74) is 1.80. The van der Waals surface area contributed by atoms with E-state index in [1.54, 1.807) is 6.20 Å². The molecule has 0 radical (unpaired) electrons. The van der Waals surface area contributed by atoms with E-state index in [1.165, 1.54) is 12.8 Å². The van der Waals surface area contributed by atoms with Crippen molar-refractivity contribution in [3.05, 3.63) is 59.9 Å². The van der Waals surface area contributed by atoms with E-state index >= 15 is 0 Å². The van der Waals surface area contributed by atoms with Gasteiger partial charge in [-0.15, -0.1) is 0 Å². The third-order valence-electron chi connectivity index (χ3n) is 5.98. The minimum absolute atomic E-state index is 0.190. The number of benzene rings is 1. The first-order chi connectivity index (χ1) is 13.3. The molecule has 0 unspecified atom stereocenters. The Hall–Kier alpha value is -2.40. The van der Waals surface area contributed by atoms with Gasteiger partial charge in [-0.1, -0.05) is 31.0 Å². The zero-order valence-corrected chi connectivity index (χ0v) is 15.6. The number of amides is 1. The number of carbonyl (C=O) groups excluding carboxylic acids is 1. The van der Waals surface area contributed by atoms with Gasteiger partial charge in [0.05, 0.1) is 11.1 Å². The fourth-order valence-electron chi connectivity index (χ4n) is 4.39. The molecule has 2 heterocycles. The average molecular weight is 365 g/mol. The van der Waals surface area contributed by atoms with Crippen LogP contribution in [0.25, 0.3) is 0 Å². The summed E-state index contributed by atoms with van der Waals surface area (Å²) < 4.78 is 5.77. The maximum Gasteiger partial charge on any atom is 0.228 e. The second kappa shape index (κ2) is 8.09. The molecular formula is C22H27N3O2. The summed E-state index contributed by atoms with van der Waals surface area (Å²) in [6, 6.07) is 13.7. The van der Waals surface area contributed by atoms with Crippen molar-refractivity contribution >= 4 is 5.91 Å².